The number of ketones is 1. The molecule has 0 amide bonds. The third kappa shape index (κ3) is 4.30. The van der Waals surface area contributed by atoms with Crippen molar-refractivity contribution in [2.24, 2.45) is 0 Å². The average Bonchev–Trinajstić information content (AvgIpc) is 3.48. The van der Waals surface area contributed by atoms with Gasteiger partial charge in [0.2, 0.25) is 0 Å². The second-order valence-electron chi connectivity index (χ2n) is 8.18. The molecule has 1 saturated heterocycles. The average molecular weight is 428 g/mol. The van der Waals surface area contributed by atoms with Crippen LogP contribution >= 0.6 is 0 Å². The molecule has 162 valence electrons. The molecule has 0 radical (unpaired) electrons. The fraction of sp³-hybridized carbons (Fsp3) is 0.259. The molecule has 3 aromatic carbocycles. The Morgan fingerprint density at radius 1 is 0.906 bits per heavy atom. The normalized spacial score (nSPS) is 16.3. The van der Waals surface area contributed by atoms with Crippen molar-refractivity contribution in [3.05, 3.63) is 89.0 Å². The van der Waals surface area contributed by atoms with Gasteiger partial charge in [-0.2, -0.15) is 0 Å². The molecular formula is C27H24O5. The van der Waals surface area contributed by atoms with E-state index in [1.807, 2.05) is 24.3 Å². The van der Waals surface area contributed by atoms with Crippen molar-refractivity contribution in [1.82, 2.24) is 0 Å². The Hall–Kier alpha value is -3.44. The highest BCUT2D eigenvalue weighted by atomic mass is 16.5. The molecule has 5 nitrogen and oxygen atoms in total. The summed E-state index contributed by atoms with van der Waals surface area (Å²) in [5.74, 6) is -0.0795. The van der Waals surface area contributed by atoms with Gasteiger partial charge in [-0.25, -0.2) is 4.79 Å². The minimum Gasteiger partial charge on any atom is -0.491 e. The van der Waals surface area contributed by atoms with Crippen LogP contribution in [-0.2, 0) is 15.9 Å². The largest absolute Gasteiger partial charge is 0.491 e. The molecular weight excluding hydrogens is 404 g/mol. The van der Waals surface area contributed by atoms with Crippen molar-refractivity contribution in [1.29, 1.82) is 0 Å². The zero-order valence-electron chi connectivity index (χ0n) is 17.7. The van der Waals surface area contributed by atoms with Crippen LogP contribution in [0.3, 0.4) is 0 Å². The standard InChI is InChI=1S/C27H24O5/c28-26(21-8-7-20-14-19-4-1-2-6-24(19)25(20)15-21)17-32-27(29)18-9-11-22(12-10-18)31-16-23-5-3-13-30-23/h1-2,4,6-12,15,23H,3,5,13-14,16-17H2/t23-/m1/s1. The van der Waals surface area contributed by atoms with Gasteiger partial charge in [-0.1, -0.05) is 36.4 Å². The van der Waals surface area contributed by atoms with E-state index >= 15 is 0 Å². The number of Topliss-reactive ketones (excluding diaryl/α,β-unsaturated/α-hetero) is 1. The number of benzene rings is 3. The number of esters is 1. The summed E-state index contributed by atoms with van der Waals surface area (Å²) in [6.07, 6.45) is 3.09. The van der Waals surface area contributed by atoms with Crippen molar-refractivity contribution >= 4 is 11.8 Å². The first kappa shape index (κ1) is 20.5. The molecule has 0 bridgehead atoms. The highest BCUT2D eigenvalue weighted by molar-refractivity contribution is 6.00. The molecule has 1 atom stereocenters. The summed E-state index contributed by atoms with van der Waals surface area (Å²) in [5.41, 5.74) is 5.65. The van der Waals surface area contributed by atoms with Crippen LogP contribution in [0.1, 0.15) is 44.7 Å². The molecule has 1 aliphatic heterocycles. The second kappa shape index (κ2) is 8.97. The number of ether oxygens (including phenoxy) is 3. The van der Waals surface area contributed by atoms with Crippen molar-refractivity contribution in [3.63, 3.8) is 0 Å². The van der Waals surface area contributed by atoms with E-state index in [1.54, 1.807) is 30.3 Å². The van der Waals surface area contributed by atoms with Crippen LogP contribution in [0.5, 0.6) is 5.75 Å². The van der Waals surface area contributed by atoms with Gasteiger partial charge in [-0.15, -0.1) is 0 Å². The van der Waals surface area contributed by atoms with Gasteiger partial charge in [0.15, 0.2) is 12.4 Å². The topological polar surface area (TPSA) is 61.8 Å². The maximum Gasteiger partial charge on any atom is 0.338 e. The van der Waals surface area contributed by atoms with Crippen LogP contribution in [0.2, 0.25) is 0 Å². The molecule has 32 heavy (non-hydrogen) atoms. The van der Waals surface area contributed by atoms with E-state index in [1.165, 1.54) is 11.1 Å². The Morgan fingerprint density at radius 2 is 1.69 bits per heavy atom. The summed E-state index contributed by atoms with van der Waals surface area (Å²) in [6, 6.07) is 20.6. The predicted octanol–water partition coefficient (Wildman–Crippen LogP) is 4.86. The van der Waals surface area contributed by atoms with Crippen LogP contribution in [0.4, 0.5) is 0 Å². The highest BCUT2D eigenvalue weighted by Crippen LogP contribution is 2.36. The maximum absolute atomic E-state index is 12.6. The summed E-state index contributed by atoms with van der Waals surface area (Å²) >= 11 is 0. The molecule has 0 aromatic heterocycles. The summed E-state index contributed by atoms with van der Waals surface area (Å²) < 4.78 is 16.5. The zero-order chi connectivity index (χ0) is 21.9. The Labute approximate surface area is 186 Å². The van der Waals surface area contributed by atoms with Crippen molar-refractivity contribution in [2.75, 3.05) is 19.8 Å². The first-order chi connectivity index (χ1) is 15.7. The summed E-state index contributed by atoms with van der Waals surface area (Å²) in [6.45, 7) is 0.996. The van der Waals surface area contributed by atoms with E-state index in [4.69, 9.17) is 14.2 Å². The number of carbonyl (C=O) groups excluding carboxylic acids is 2. The lowest BCUT2D eigenvalue weighted by atomic mass is 10.0. The fourth-order valence-corrected chi connectivity index (χ4v) is 4.25. The van der Waals surface area contributed by atoms with Gasteiger partial charge in [0.05, 0.1) is 11.7 Å². The molecule has 5 heteroatoms. The molecule has 0 unspecified atom stereocenters. The molecule has 1 heterocycles. The molecule has 0 N–H and O–H groups in total. The Kier molecular flexibility index (Phi) is 5.73. The van der Waals surface area contributed by atoms with E-state index in [-0.39, 0.29) is 18.5 Å². The molecule has 5 rings (SSSR count). The number of hydrogen-bond acceptors (Lipinski definition) is 5. The lowest BCUT2D eigenvalue weighted by Crippen LogP contribution is -2.16. The number of hydrogen-bond donors (Lipinski definition) is 0. The number of fused-ring (bicyclic) bond motifs is 3. The van der Waals surface area contributed by atoms with E-state index < -0.39 is 5.97 Å². The van der Waals surface area contributed by atoms with E-state index in [0.29, 0.717) is 23.5 Å². The molecule has 1 fully saturated rings. The van der Waals surface area contributed by atoms with Gasteiger partial charge < -0.3 is 14.2 Å². The zero-order valence-corrected chi connectivity index (χ0v) is 17.7. The van der Waals surface area contributed by atoms with Gasteiger partial charge in [-0.05, 0) is 71.8 Å². The van der Waals surface area contributed by atoms with Crippen LogP contribution in [0.25, 0.3) is 11.1 Å². The number of rotatable bonds is 7. The van der Waals surface area contributed by atoms with Gasteiger partial charge in [0, 0.05) is 12.2 Å². The Balaban J connectivity index is 1.17. The monoisotopic (exact) mass is 428 g/mol. The van der Waals surface area contributed by atoms with E-state index in [2.05, 4.69) is 12.1 Å². The third-order valence-electron chi connectivity index (χ3n) is 6.00. The van der Waals surface area contributed by atoms with Crippen LogP contribution in [-0.4, -0.2) is 37.7 Å². The lowest BCUT2D eigenvalue weighted by molar-refractivity contribution is 0.0474. The van der Waals surface area contributed by atoms with Gasteiger partial charge in [-0.3, -0.25) is 4.79 Å². The Bertz CT molecular complexity index is 1140. The maximum atomic E-state index is 12.6. The molecule has 1 aliphatic carbocycles. The molecule has 0 spiro atoms. The lowest BCUT2D eigenvalue weighted by Gasteiger charge is -2.11. The smallest absolute Gasteiger partial charge is 0.338 e. The highest BCUT2D eigenvalue weighted by Gasteiger charge is 2.20. The number of carbonyl (C=O) groups is 2. The Morgan fingerprint density at radius 3 is 2.50 bits per heavy atom. The summed E-state index contributed by atoms with van der Waals surface area (Å²) in [5, 5.41) is 0. The van der Waals surface area contributed by atoms with Crippen LogP contribution in [0.15, 0.2) is 66.7 Å². The molecule has 2 aliphatic rings. The molecule has 3 aromatic rings. The summed E-state index contributed by atoms with van der Waals surface area (Å²) in [4.78, 5) is 25.0. The van der Waals surface area contributed by atoms with Crippen LogP contribution in [0, 0.1) is 0 Å². The minimum atomic E-state index is -0.532. The van der Waals surface area contributed by atoms with Crippen molar-refractivity contribution < 1.29 is 23.8 Å². The van der Waals surface area contributed by atoms with Gasteiger partial charge in [0.25, 0.3) is 0 Å². The van der Waals surface area contributed by atoms with E-state index in [9.17, 15) is 9.59 Å². The second-order valence-corrected chi connectivity index (χ2v) is 8.18. The SMILES string of the molecule is O=C(COC(=O)c1ccc(OC[C@H]2CCCO2)cc1)c1ccc2c(c1)-c1ccccc1C2. The van der Waals surface area contributed by atoms with Gasteiger partial charge >= 0.3 is 5.97 Å². The van der Waals surface area contributed by atoms with Gasteiger partial charge in [0.1, 0.15) is 12.4 Å². The van der Waals surface area contributed by atoms with Crippen molar-refractivity contribution in [2.45, 2.75) is 25.4 Å². The minimum absolute atomic E-state index is 0.137. The quantitative estimate of drug-likeness (QED) is 0.311. The molecule has 0 saturated carbocycles. The predicted molar refractivity (Wildman–Crippen MR) is 120 cm³/mol. The third-order valence-corrected chi connectivity index (χ3v) is 6.00. The first-order valence-electron chi connectivity index (χ1n) is 10.9. The fourth-order valence-electron chi connectivity index (χ4n) is 4.25. The summed E-state index contributed by atoms with van der Waals surface area (Å²) in [7, 11) is 0. The first-order valence-corrected chi connectivity index (χ1v) is 10.9. The van der Waals surface area contributed by atoms with Crippen molar-refractivity contribution in [3.8, 4) is 16.9 Å². The van der Waals surface area contributed by atoms with Crippen LogP contribution < -0.4 is 4.74 Å². The van der Waals surface area contributed by atoms with E-state index in [0.717, 1.165) is 37.0 Å².